The fraction of sp³-hybridized carbons (Fsp3) is 0.562. The van der Waals surface area contributed by atoms with Crippen molar-refractivity contribution in [2.24, 2.45) is 0 Å². The van der Waals surface area contributed by atoms with Crippen LogP contribution in [0.5, 0.6) is 0 Å². The van der Waals surface area contributed by atoms with Crippen molar-refractivity contribution in [3.8, 4) is 0 Å². The van der Waals surface area contributed by atoms with E-state index in [0.717, 1.165) is 11.4 Å². The van der Waals surface area contributed by atoms with Crippen molar-refractivity contribution in [3.63, 3.8) is 0 Å². The molecule has 1 unspecified atom stereocenters. The summed E-state index contributed by atoms with van der Waals surface area (Å²) in [6.45, 7) is 5.00. The molecule has 0 aromatic heterocycles. The Morgan fingerprint density at radius 1 is 1.38 bits per heavy atom. The van der Waals surface area contributed by atoms with Crippen LogP contribution >= 0.6 is 23.2 Å². The van der Waals surface area contributed by atoms with E-state index in [1.807, 2.05) is 18.2 Å². The van der Waals surface area contributed by atoms with Crippen LogP contribution in [0.25, 0.3) is 0 Å². The Hall–Kier alpha value is -1.37. The molecule has 1 aliphatic rings. The number of hydrogen-bond acceptors (Lipinski definition) is 5. The summed E-state index contributed by atoms with van der Waals surface area (Å²) in [5.74, 6) is 0.168. The van der Waals surface area contributed by atoms with Crippen LogP contribution in [0.15, 0.2) is 18.2 Å². The fourth-order valence-electron chi connectivity index (χ4n) is 2.59. The lowest BCUT2D eigenvalue weighted by Gasteiger charge is -2.36. The van der Waals surface area contributed by atoms with Crippen molar-refractivity contribution in [3.05, 3.63) is 23.2 Å². The molecule has 0 aliphatic carbocycles. The first-order valence-electron chi connectivity index (χ1n) is 7.99. The number of para-hydroxylation sites is 1. The molecule has 134 valence electrons. The number of hydrogen-bond donors (Lipinski definition) is 2. The number of piperazine rings is 1. The second kappa shape index (κ2) is 9.20. The second-order valence-corrected chi connectivity index (χ2v) is 6.21. The number of ether oxygens (including phenoxy) is 1. The van der Waals surface area contributed by atoms with Gasteiger partial charge in [-0.25, -0.2) is 4.79 Å². The van der Waals surface area contributed by atoms with Crippen LogP contribution in [-0.2, 0) is 4.74 Å². The van der Waals surface area contributed by atoms with Crippen molar-refractivity contribution >= 4 is 40.7 Å². The Labute approximate surface area is 152 Å². The molecule has 24 heavy (non-hydrogen) atoms. The van der Waals surface area contributed by atoms with Crippen molar-refractivity contribution in [2.45, 2.75) is 13.0 Å². The highest BCUT2D eigenvalue weighted by molar-refractivity contribution is 6.34. The summed E-state index contributed by atoms with van der Waals surface area (Å²) in [6.07, 6.45) is -0.904. The van der Waals surface area contributed by atoms with Gasteiger partial charge in [-0.2, -0.15) is 0 Å². The van der Waals surface area contributed by atoms with E-state index < -0.39 is 6.10 Å². The molecule has 0 radical (unpaired) electrons. The first kappa shape index (κ1) is 19.0. The number of benzene rings is 1. The van der Waals surface area contributed by atoms with Gasteiger partial charge in [0.05, 0.1) is 35.0 Å². The first-order valence-corrected chi connectivity index (χ1v) is 8.91. The molecule has 1 saturated heterocycles. The van der Waals surface area contributed by atoms with E-state index >= 15 is 0 Å². The maximum absolute atomic E-state index is 11.8. The van der Waals surface area contributed by atoms with E-state index in [0.29, 0.717) is 44.4 Å². The standard InChI is InChI=1S/C16H23Cl2N3O3/c1-2-24-16(23)21-8-6-20(7-9-21)15-13(18)4-3-5-14(15)19-11-12(22)10-17/h3-5,12,19,22H,2,6-11H2,1H3. The molecule has 1 aromatic carbocycles. The largest absolute Gasteiger partial charge is 0.450 e. The van der Waals surface area contributed by atoms with E-state index in [1.54, 1.807) is 11.8 Å². The van der Waals surface area contributed by atoms with Gasteiger partial charge in [-0.15, -0.1) is 11.6 Å². The minimum atomic E-state index is -0.626. The molecule has 1 atom stereocenters. The maximum atomic E-state index is 11.8. The van der Waals surface area contributed by atoms with Gasteiger partial charge in [0.2, 0.25) is 0 Å². The number of aliphatic hydroxyl groups excluding tert-OH is 1. The Kier molecular flexibility index (Phi) is 7.27. The molecule has 0 bridgehead atoms. The lowest BCUT2D eigenvalue weighted by atomic mass is 10.2. The number of anilines is 2. The molecule has 1 amide bonds. The minimum absolute atomic E-state index is 0.168. The second-order valence-electron chi connectivity index (χ2n) is 5.50. The smallest absolute Gasteiger partial charge is 0.409 e. The molecular weight excluding hydrogens is 353 g/mol. The minimum Gasteiger partial charge on any atom is -0.450 e. The zero-order valence-electron chi connectivity index (χ0n) is 13.7. The average Bonchev–Trinajstić information content (AvgIpc) is 2.60. The lowest BCUT2D eigenvalue weighted by molar-refractivity contribution is 0.105. The highest BCUT2D eigenvalue weighted by Crippen LogP contribution is 2.34. The van der Waals surface area contributed by atoms with Gasteiger partial charge in [-0.3, -0.25) is 0 Å². The number of nitrogens with zero attached hydrogens (tertiary/aromatic N) is 2. The summed E-state index contributed by atoms with van der Waals surface area (Å²) < 4.78 is 5.04. The van der Waals surface area contributed by atoms with E-state index in [9.17, 15) is 9.90 Å². The van der Waals surface area contributed by atoms with Crippen LogP contribution in [-0.4, -0.2) is 67.4 Å². The number of halogens is 2. The van der Waals surface area contributed by atoms with Crippen LogP contribution in [0, 0.1) is 0 Å². The van der Waals surface area contributed by atoms with Gasteiger partial charge in [0.1, 0.15) is 0 Å². The number of carbonyl (C=O) groups is 1. The molecule has 1 aromatic rings. The number of nitrogens with one attached hydrogen (secondary N) is 1. The maximum Gasteiger partial charge on any atom is 0.409 e. The van der Waals surface area contributed by atoms with E-state index in [1.165, 1.54) is 0 Å². The summed E-state index contributed by atoms with van der Waals surface area (Å²) in [5.41, 5.74) is 1.72. The Bertz CT molecular complexity index is 551. The van der Waals surface area contributed by atoms with Crippen molar-refractivity contribution < 1.29 is 14.6 Å². The first-order chi connectivity index (χ1) is 11.6. The third-order valence-electron chi connectivity index (χ3n) is 3.81. The summed E-state index contributed by atoms with van der Waals surface area (Å²) in [4.78, 5) is 15.6. The molecule has 6 nitrogen and oxygen atoms in total. The van der Waals surface area contributed by atoms with Crippen LogP contribution in [0.1, 0.15) is 6.92 Å². The third kappa shape index (κ3) is 4.82. The van der Waals surface area contributed by atoms with Gasteiger partial charge in [-0.1, -0.05) is 17.7 Å². The SMILES string of the molecule is CCOC(=O)N1CCN(c2c(Cl)cccc2NCC(O)CCl)CC1. The van der Waals surface area contributed by atoms with Crippen molar-refractivity contribution in [1.82, 2.24) is 4.90 Å². The van der Waals surface area contributed by atoms with Crippen LogP contribution in [0.3, 0.4) is 0 Å². The molecule has 2 rings (SSSR count). The fourth-order valence-corrected chi connectivity index (χ4v) is 2.99. The van der Waals surface area contributed by atoms with Gasteiger partial charge >= 0.3 is 6.09 Å². The monoisotopic (exact) mass is 375 g/mol. The Morgan fingerprint density at radius 2 is 2.08 bits per heavy atom. The van der Waals surface area contributed by atoms with E-state index in [2.05, 4.69) is 10.2 Å². The number of rotatable bonds is 6. The highest BCUT2D eigenvalue weighted by Gasteiger charge is 2.24. The van der Waals surface area contributed by atoms with Crippen LogP contribution < -0.4 is 10.2 Å². The van der Waals surface area contributed by atoms with Gasteiger partial charge in [-0.05, 0) is 19.1 Å². The topological polar surface area (TPSA) is 65.0 Å². The van der Waals surface area contributed by atoms with Gasteiger partial charge in [0.15, 0.2) is 0 Å². The number of alkyl halides is 1. The van der Waals surface area contributed by atoms with Crippen molar-refractivity contribution in [1.29, 1.82) is 0 Å². The summed E-state index contributed by atoms with van der Waals surface area (Å²) >= 11 is 12.0. The molecule has 8 heteroatoms. The highest BCUT2D eigenvalue weighted by atomic mass is 35.5. The number of amides is 1. The molecular formula is C16H23Cl2N3O3. The van der Waals surface area contributed by atoms with Crippen molar-refractivity contribution in [2.75, 3.05) is 55.4 Å². The predicted molar refractivity (Wildman–Crippen MR) is 97.5 cm³/mol. The number of carbonyl (C=O) groups excluding carboxylic acids is 1. The summed E-state index contributed by atoms with van der Waals surface area (Å²) in [5, 5.41) is 13.5. The Morgan fingerprint density at radius 3 is 2.71 bits per heavy atom. The molecule has 1 fully saturated rings. The normalized spacial score (nSPS) is 16.0. The Balaban J connectivity index is 2.05. The van der Waals surface area contributed by atoms with Gasteiger partial charge in [0.25, 0.3) is 0 Å². The van der Waals surface area contributed by atoms with E-state index in [4.69, 9.17) is 27.9 Å². The van der Waals surface area contributed by atoms with Gasteiger partial charge < -0.3 is 25.0 Å². The quantitative estimate of drug-likeness (QED) is 0.748. The van der Waals surface area contributed by atoms with Crippen LogP contribution in [0.4, 0.5) is 16.2 Å². The third-order valence-corrected chi connectivity index (χ3v) is 4.48. The zero-order valence-corrected chi connectivity index (χ0v) is 15.2. The molecule has 0 spiro atoms. The summed E-state index contributed by atoms with van der Waals surface area (Å²) in [6, 6.07) is 5.60. The van der Waals surface area contributed by atoms with Crippen LogP contribution in [0.2, 0.25) is 5.02 Å². The van der Waals surface area contributed by atoms with Gasteiger partial charge in [0, 0.05) is 32.7 Å². The van der Waals surface area contributed by atoms with E-state index in [-0.39, 0.29) is 12.0 Å². The lowest BCUT2D eigenvalue weighted by Crippen LogP contribution is -2.49. The molecule has 1 aliphatic heterocycles. The molecule has 1 heterocycles. The number of aliphatic hydroxyl groups is 1. The summed E-state index contributed by atoms with van der Waals surface area (Å²) in [7, 11) is 0. The average molecular weight is 376 g/mol. The molecule has 2 N–H and O–H groups in total. The molecule has 0 saturated carbocycles. The zero-order chi connectivity index (χ0) is 17.5. The predicted octanol–water partition coefficient (Wildman–Crippen LogP) is 2.63.